The van der Waals surface area contributed by atoms with Crippen LogP contribution in [0.25, 0.3) is 11.1 Å². The van der Waals surface area contributed by atoms with E-state index in [1.165, 1.54) is 0 Å². The summed E-state index contributed by atoms with van der Waals surface area (Å²) >= 11 is 0. The van der Waals surface area contributed by atoms with Crippen molar-refractivity contribution in [3.05, 3.63) is 53.9 Å². The van der Waals surface area contributed by atoms with Crippen LogP contribution in [0, 0.1) is 6.92 Å². The molecule has 17 heavy (non-hydrogen) atoms. The minimum absolute atomic E-state index is 0.0973. The predicted molar refractivity (Wildman–Crippen MR) is 68.4 cm³/mol. The third-order valence-electron chi connectivity index (χ3n) is 2.74. The summed E-state index contributed by atoms with van der Waals surface area (Å²) in [5.41, 5.74) is 3.98. The lowest BCUT2D eigenvalue weighted by Gasteiger charge is -2.09. The SMILES string of the molecule is Cc1c(C[SH](=O)=O)cccc1-c1ccncc1. The van der Waals surface area contributed by atoms with Gasteiger partial charge in [0.05, 0.1) is 5.75 Å². The molecule has 0 aliphatic heterocycles. The maximum atomic E-state index is 10.8. The number of hydrogen-bond acceptors (Lipinski definition) is 3. The van der Waals surface area contributed by atoms with Crippen LogP contribution in [0.15, 0.2) is 42.7 Å². The zero-order chi connectivity index (χ0) is 12.3. The molecule has 0 atom stereocenters. The molecule has 1 aromatic heterocycles. The third-order valence-corrected chi connectivity index (χ3v) is 3.34. The van der Waals surface area contributed by atoms with E-state index in [0.717, 1.165) is 22.3 Å². The van der Waals surface area contributed by atoms with Crippen LogP contribution in [0.1, 0.15) is 11.1 Å². The van der Waals surface area contributed by atoms with Crippen molar-refractivity contribution in [2.45, 2.75) is 12.7 Å². The number of rotatable bonds is 3. The first-order valence-electron chi connectivity index (χ1n) is 5.29. The molecule has 1 heterocycles. The molecule has 0 radical (unpaired) electrons. The van der Waals surface area contributed by atoms with Gasteiger partial charge in [0.1, 0.15) is 10.7 Å². The monoisotopic (exact) mass is 247 g/mol. The van der Waals surface area contributed by atoms with Crippen molar-refractivity contribution in [1.29, 1.82) is 0 Å². The number of pyridine rings is 1. The summed E-state index contributed by atoms with van der Waals surface area (Å²) in [5, 5.41) is 0. The van der Waals surface area contributed by atoms with Crippen molar-refractivity contribution in [3.8, 4) is 11.1 Å². The summed E-state index contributed by atoms with van der Waals surface area (Å²) in [6.07, 6.45) is 3.46. The van der Waals surface area contributed by atoms with Crippen molar-refractivity contribution in [2.75, 3.05) is 0 Å². The van der Waals surface area contributed by atoms with Gasteiger partial charge >= 0.3 is 0 Å². The number of thiol groups is 1. The predicted octanol–water partition coefficient (Wildman–Crippen LogP) is 2.17. The van der Waals surface area contributed by atoms with Crippen molar-refractivity contribution < 1.29 is 8.42 Å². The van der Waals surface area contributed by atoms with Crippen LogP contribution in [-0.2, 0) is 16.5 Å². The molecule has 1 aromatic carbocycles. The smallest absolute Gasteiger partial charge is 0.144 e. The molecule has 4 heteroatoms. The Morgan fingerprint density at radius 2 is 1.82 bits per heavy atom. The summed E-state index contributed by atoms with van der Waals surface area (Å²) in [4.78, 5) is 3.97. The fraction of sp³-hybridized carbons (Fsp3) is 0.154. The summed E-state index contributed by atoms with van der Waals surface area (Å²) in [5.74, 6) is 0.0973. The largest absolute Gasteiger partial charge is 0.265 e. The quantitative estimate of drug-likeness (QED) is 0.846. The molecule has 2 rings (SSSR count). The van der Waals surface area contributed by atoms with E-state index in [-0.39, 0.29) is 5.75 Å². The van der Waals surface area contributed by atoms with E-state index in [4.69, 9.17) is 0 Å². The minimum Gasteiger partial charge on any atom is -0.265 e. The van der Waals surface area contributed by atoms with E-state index in [1.807, 2.05) is 37.3 Å². The summed E-state index contributed by atoms with van der Waals surface area (Å²) in [6.45, 7) is 1.95. The Bertz CT molecular complexity index is 584. The Labute approximate surface area is 102 Å². The van der Waals surface area contributed by atoms with Gasteiger partial charge in [-0.25, -0.2) is 8.42 Å². The Hall–Kier alpha value is -1.68. The molecule has 0 N–H and O–H groups in total. The number of hydrogen-bond donors (Lipinski definition) is 1. The van der Waals surface area contributed by atoms with E-state index in [0.29, 0.717) is 0 Å². The van der Waals surface area contributed by atoms with Gasteiger partial charge < -0.3 is 0 Å². The second-order valence-corrected chi connectivity index (χ2v) is 4.80. The standard InChI is InChI=1S/C13H13NO2S/c1-10-12(9-17(15)16)3-2-4-13(10)11-5-7-14-8-6-11/h2-8,17H,9H2,1H3. The highest BCUT2D eigenvalue weighted by Gasteiger charge is 2.06. The van der Waals surface area contributed by atoms with E-state index in [1.54, 1.807) is 12.4 Å². The highest BCUT2D eigenvalue weighted by atomic mass is 32.2. The van der Waals surface area contributed by atoms with Gasteiger partial charge in [0, 0.05) is 12.4 Å². The number of benzene rings is 1. The zero-order valence-corrected chi connectivity index (χ0v) is 10.4. The van der Waals surface area contributed by atoms with Crippen molar-refractivity contribution in [1.82, 2.24) is 4.98 Å². The maximum Gasteiger partial charge on any atom is 0.144 e. The molecular weight excluding hydrogens is 234 g/mol. The molecule has 0 spiro atoms. The molecule has 2 aromatic rings. The first kappa shape index (κ1) is 11.8. The minimum atomic E-state index is -2.39. The summed E-state index contributed by atoms with van der Waals surface area (Å²) in [6, 6.07) is 9.57. The normalized spacial score (nSPS) is 10.7. The number of aromatic nitrogens is 1. The third kappa shape index (κ3) is 2.71. The van der Waals surface area contributed by atoms with E-state index in [9.17, 15) is 8.42 Å². The highest BCUT2D eigenvalue weighted by Crippen LogP contribution is 2.25. The van der Waals surface area contributed by atoms with Gasteiger partial charge in [0.25, 0.3) is 0 Å². The lowest BCUT2D eigenvalue weighted by atomic mass is 9.98. The Morgan fingerprint density at radius 1 is 1.12 bits per heavy atom. The molecular formula is C13H13NO2S. The average molecular weight is 247 g/mol. The van der Waals surface area contributed by atoms with Crippen molar-refractivity contribution in [2.24, 2.45) is 0 Å². The van der Waals surface area contributed by atoms with Gasteiger partial charge in [-0.3, -0.25) is 4.98 Å². The van der Waals surface area contributed by atoms with Gasteiger partial charge in [-0.2, -0.15) is 0 Å². The fourth-order valence-corrected chi connectivity index (χ4v) is 2.46. The van der Waals surface area contributed by atoms with Gasteiger partial charge in [0.2, 0.25) is 0 Å². The average Bonchev–Trinajstić information content (AvgIpc) is 2.32. The lowest BCUT2D eigenvalue weighted by Crippen LogP contribution is -1.93. The van der Waals surface area contributed by atoms with E-state index < -0.39 is 10.7 Å². The lowest BCUT2D eigenvalue weighted by molar-refractivity contribution is 0.614. The maximum absolute atomic E-state index is 10.8. The Kier molecular flexibility index (Phi) is 3.54. The first-order chi connectivity index (χ1) is 8.18. The molecule has 0 bridgehead atoms. The van der Waals surface area contributed by atoms with Crippen LogP contribution < -0.4 is 0 Å². The van der Waals surface area contributed by atoms with Crippen LogP contribution in [0.2, 0.25) is 0 Å². The van der Waals surface area contributed by atoms with Gasteiger partial charge in [-0.1, -0.05) is 18.2 Å². The molecule has 88 valence electrons. The molecule has 0 aliphatic carbocycles. The molecule has 0 amide bonds. The van der Waals surface area contributed by atoms with Crippen LogP contribution in [0.4, 0.5) is 0 Å². The van der Waals surface area contributed by atoms with Gasteiger partial charge in [0.15, 0.2) is 0 Å². The molecule has 0 saturated heterocycles. The van der Waals surface area contributed by atoms with Crippen LogP contribution in [-0.4, -0.2) is 13.4 Å². The second kappa shape index (κ2) is 5.10. The molecule has 0 unspecified atom stereocenters. The first-order valence-corrected chi connectivity index (χ1v) is 6.65. The fourth-order valence-electron chi connectivity index (χ4n) is 1.84. The Balaban J connectivity index is 2.50. The zero-order valence-electron chi connectivity index (χ0n) is 9.46. The van der Waals surface area contributed by atoms with Crippen LogP contribution >= 0.6 is 0 Å². The number of nitrogens with zero attached hydrogens (tertiary/aromatic N) is 1. The molecule has 0 aliphatic rings. The second-order valence-electron chi connectivity index (χ2n) is 3.82. The van der Waals surface area contributed by atoms with Crippen LogP contribution in [0.5, 0.6) is 0 Å². The molecule has 0 saturated carbocycles. The summed E-state index contributed by atoms with van der Waals surface area (Å²) < 4.78 is 21.6. The molecule has 3 nitrogen and oxygen atoms in total. The summed E-state index contributed by atoms with van der Waals surface area (Å²) in [7, 11) is -2.39. The van der Waals surface area contributed by atoms with Crippen molar-refractivity contribution in [3.63, 3.8) is 0 Å². The van der Waals surface area contributed by atoms with Gasteiger partial charge in [-0.15, -0.1) is 0 Å². The van der Waals surface area contributed by atoms with E-state index in [2.05, 4.69) is 4.98 Å². The topological polar surface area (TPSA) is 47.0 Å². The Morgan fingerprint density at radius 3 is 2.47 bits per heavy atom. The van der Waals surface area contributed by atoms with Crippen molar-refractivity contribution >= 4 is 10.7 Å². The van der Waals surface area contributed by atoms with Crippen LogP contribution in [0.3, 0.4) is 0 Å². The van der Waals surface area contributed by atoms with Gasteiger partial charge in [-0.05, 0) is 41.3 Å². The molecule has 0 fully saturated rings. The highest BCUT2D eigenvalue weighted by molar-refractivity contribution is 7.71. The van der Waals surface area contributed by atoms with E-state index >= 15 is 0 Å².